The van der Waals surface area contributed by atoms with E-state index in [9.17, 15) is 0 Å². The molecule has 6 heteroatoms. The van der Waals surface area contributed by atoms with Gasteiger partial charge in [-0.1, -0.05) is 42.5 Å². The molecule has 0 N–H and O–H groups in total. The molecule has 0 bridgehead atoms. The van der Waals surface area contributed by atoms with E-state index in [1.54, 1.807) is 22.7 Å². The van der Waals surface area contributed by atoms with Crippen LogP contribution in [0.15, 0.2) is 83.6 Å². The van der Waals surface area contributed by atoms with E-state index in [4.69, 9.17) is 20.5 Å². The zero-order chi connectivity index (χ0) is 21.9. The number of rotatable bonds is 4. The third-order valence-electron chi connectivity index (χ3n) is 4.98. The van der Waals surface area contributed by atoms with Gasteiger partial charge in [0.25, 0.3) is 0 Å². The molecule has 0 aliphatic rings. The maximum atomic E-state index is 8.98. The summed E-state index contributed by atoms with van der Waals surface area (Å²) in [5.74, 6) is 0. The highest BCUT2D eigenvalue weighted by molar-refractivity contribution is 7.14. The van der Waals surface area contributed by atoms with Gasteiger partial charge in [0.1, 0.15) is 10.0 Å². The van der Waals surface area contributed by atoms with Crippen molar-refractivity contribution in [2.75, 3.05) is 0 Å². The summed E-state index contributed by atoms with van der Waals surface area (Å²) in [6.45, 7) is 0. The Labute approximate surface area is 193 Å². The number of thiazole rings is 2. The SMILES string of the molecule is N#Cc1ccc(-c2csc(-c3cccc(-c4nc(-c5ccc(C#N)cc5)cs4)c3)n2)cc1. The molecule has 0 saturated carbocycles. The predicted octanol–water partition coefficient (Wildman–Crippen LogP) is 7.01. The highest BCUT2D eigenvalue weighted by Crippen LogP contribution is 2.34. The molecule has 2 aromatic heterocycles. The van der Waals surface area contributed by atoms with Crippen LogP contribution in [-0.4, -0.2) is 9.97 Å². The second kappa shape index (κ2) is 8.56. The van der Waals surface area contributed by atoms with Crippen molar-refractivity contribution in [1.82, 2.24) is 9.97 Å². The van der Waals surface area contributed by atoms with Crippen LogP contribution in [0.4, 0.5) is 0 Å². The van der Waals surface area contributed by atoms with Gasteiger partial charge >= 0.3 is 0 Å². The summed E-state index contributed by atoms with van der Waals surface area (Å²) in [6.07, 6.45) is 0. The van der Waals surface area contributed by atoms with E-state index in [2.05, 4.69) is 30.3 Å². The normalized spacial score (nSPS) is 10.4. The molecule has 3 aromatic carbocycles. The Morgan fingerprint density at radius 1 is 0.562 bits per heavy atom. The van der Waals surface area contributed by atoms with Crippen LogP contribution in [0.5, 0.6) is 0 Å². The van der Waals surface area contributed by atoms with Crippen LogP contribution < -0.4 is 0 Å². The number of nitrogens with zero attached hydrogens (tertiary/aromatic N) is 4. The molecule has 0 unspecified atom stereocenters. The summed E-state index contributed by atoms with van der Waals surface area (Å²) in [6, 6.07) is 27.5. The van der Waals surface area contributed by atoms with Gasteiger partial charge in [0, 0.05) is 33.0 Å². The molecular formula is C26H14N4S2. The summed E-state index contributed by atoms with van der Waals surface area (Å²) >= 11 is 3.19. The lowest BCUT2D eigenvalue weighted by Gasteiger charge is -2.01. The Balaban J connectivity index is 1.42. The number of aromatic nitrogens is 2. The van der Waals surface area contributed by atoms with E-state index in [1.807, 2.05) is 65.4 Å². The van der Waals surface area contributed by atoms with Gasteiger partial charge in [0.15, 0.2) is 0 Å². The fourth-order valence-corrected chi connectivity index (χ4v) is 4.95. The maximum absolute atomic E-state index is 8.98. The zero-order valence-corrected chi connectivity index (χ0v) is 18.3. The van der Waals surface area contributed by atoms with Gasteiger partial charge in [0.05, 0.1) is 34.7 Å². The monoisotopic (exact) mass is 446 g/mol. The third kappa shape index (κ3) is 3.93. The minimum atomic E-state index is 0.640. The molecule has 0 amide bonds. The van der Waals surface area contributed by atoms with E-state index in [1.165, 1.54) is 0 Å². The molecule has 0 radical (unpaired) electrons. The van der Waals surface area contributed by atoms with Gasteiger partial charge < -0.3 is 0 Å². The molecule has 150 valence electrons. The van der Waals surface area contributed by atoms with Crippen molar-refractivity contribution in [2.45, 2.75) is 0 Å². The van der Waals surface area contributed by atoms with E-state index >= 15 is 0 Å². The Bertz CT molecular complexity index is 1370. The van der Waals surface area contributed by atoms with Crippen molar-refractivity contribution in [3.63, 3.8) is 0 Å². The first-order valence-electron chi connectivity index (χ1n) is 9.76. The second-order valence-electron chi connectivity index (χ2n) is 7.03. The van der Waals surface area contributed by atoms with Crippen LogP contribution in [0.3, 0.4) is 0 Å². The van der Waals surface area contributed by atoms with Crippen molar-refractivity contribution in [2.24, 2.45) is 0 Å². The Morgan fingerprint density at radius 2 is 1.00 bits per heavy atom. The summed E-state index contributed by atoms with van der Waals surface area (Å²) in [4.78, 5) is 9.60. The van der Waals surface area contributed by atoms with Crippen LogP contribution in [0.1, 0.15) is 11.1 Å². The van der Waals surface area contributed by atoms with Gasteiger partial charge in [-0.3, -0.25) is 0 Å². The largest absolute Gasteiger partial charge is 0.236 e. The molecule has 0 spiro atoms. The molecule has 5 rings (SSSR count). The van der Waals surface area contributed by atoms with Gasteiger partial charge in [-0.25, -0.2) is 9.97 Å². The van der Waals surface area contributed by atoms with E-state index < -0.39 is 0 Å². The molecular weight excluding hydrogens is 432 g/mol. The number of benzene rings is 3. The third-order valence-corrected chi connectivity index (χ3v) is 6.77. The summed E-state index contributed by atoms with van der Waals surface area (Å²) in [5.41, 5.74) is 7.16. The van der Waals surface area contributed by atoms with E-state index in [-0.39, 0.29) is 0 Å². The molecule has 0 aliphatic carbocycles. The average molecular weight is 447 g/mol. The van der Waals surface area contributed by atoms with Gasteiger partial charge in [-0.15, -0.1) is 22.7 Å². The Morgan fingerprint density at radius 3 is 1.41 bits per heavy atom. The molecule has 0 aliphatic heterocycles. The van der Waals surface area contributed by atoms with Crippen molar-refractivity contribution < 1.29 is 0 Å². The summed E-state index contributed by atoms with van der Waals surface area (Å²) < 4.78 is 0. The minimum Gasteiger partial charge on any atom is -0.236 e. The predicted molar refractivity (Wildman–Crippen MR) is 129 cm³/mol. The summed E-state index contributed by atoms with van der Waals surface area (Å²) in [5, 5.41) is 23.9. The highest BCUT2D eigenvalue weighted by Gasteiger charge is 2.11. The lowest BCUT2D eigenvalue weighted by Crippen LogP contribution is -1.83. The van der Waals surface area contributed by atoms with Crippen molar-refractivity contribution in [3.05, 3.63) is 94.7 Å². The first kappa shape index (κ1) is 19.8. The lowest BCUT2D eigenvalue weighted by molar-refractivity contribution is 1.38. The highest BCUT2D eigenvalue weighted by atomic mass is 32.1. The second-order valence-corrected chi connectivity index (χ2v) is 8.75. The van der Waals surface area contributed by atoms with Crippen LogP contribution in [0.2, 0.25) is 0 Å². The zero-order valence-electron chi connectivity index (χ0n) is 16.7. The maximum Gasteiger partial charge on any atom is 0.124 e. The van der Waals surface area contributed by atoms with Crippen LogP contribution in [-0.2, 0) is 0 Å². The van der Waals surface area contributed by atoms with Crippen LogP contribution in [0.25, 0.3) is 43.7 Å². The lowest BCUT2D eigenvalue weighted by atomic mass is 10.1. The molecule has 0 atom stereocenters. The Kier molecular flexibility index (Phi) is 5.31. The van der Waals surface area contributed by atoms with Crippen LogP contribution in [0, 0.1) is 22.7 Å². The number of nitriles is 2. The van der Waals surface area contributed by atoms with Crippen molar-refractivity contribution in [1.29, 1.82) is 10.5 Å². The number of hydrogen-bond acceptors (Lipinski definition) is 6. The summed E-state index contributed by atoms with van der Waals surface area (Å²) in [7, 11) is 0. The first-order chi connectivity index (χ1) is 15.7. The Hall–Kier alpha value is -4.10. The van der Waals surface area contributed by atoms with Crippen LogP contribution >= 0.6 is 22.7 Å². The topological polar surface area (TPSA) is 73.4 Å². The smallest absolute Gasteiger partial charge is 0.124 e. The molecule has 0 saturated heterocycles. The quantitative estimate of drug-likeness (QED) is 0.298. The van der Waals surface area contributed by atoms with E-state index in [0.717, 1.165) is 43.7 Å². The fraction of sp³-hybridized carbons (Fsp3) is 0. The first-order valence-corrected chi connectivity index (χ1v) is 11.5. The fourth-order valence-electron chi connectivity index (χ4n) is 3.29. The number of hydrogen-bond donors (Lipinski definition) is 0. The van der Waals surface area contributed by atoms with E-state index in [0.29, 0.717) is 11.1 Å². The molecule has 32 heavy (non-hydrogen) atoms. The molecule has 5 aromatic rings. The average Bonchev–Trinajstić information content (AvgIpc) is 3.55. The minimum absolute atomic E-state index is 0.640. The molecule has 4 nitrogen and oxygen atoms in total. The van der Waals surface area contributed by atoms with Gasteiger partial charge in [-0.2, -0.15) is 10.5 Å². The van der Waals surface area contributed by atoms with Gasteiger partial charge in [0.2, 0.25) is 0 Å². The van der Waals surface area contributed by atoms with Crippen molar-refractivity contribution >= 4 is 22.7 Å². The van der Waals surface area contributed by atoms with Gasteiger partial charge in [-0.05, 0) is 30.3 Å². The molecule has 0 fully saturated rings. The molecule has 2 heterocycles. The standard InChI is InChI=1S/C26H14N4S2/c27-13-17-4-8-19(9-5-17)23-15-31-25(29-23)21-2-1-3-22(12-21)26-30-24(16-32-26)20-10-6-18(14-28)7-11-20/h1-12,15-16H. The van der Waals surface area contributed by atoms with Crippen molar-refractivity contribution in [3.8, 4) is 55.8 Å².